The van der Waals surface area contributed by atoms with Crippen molar-refractivity contribution in [3.05, 3.63) is 96.1 Å². The smallest absolute Gasteiger partial charge is 0.229 e. The van der Waals surface area contributed by atoms with Crippen LogP contribution in [0.25, 0.3) is 22.2 Å². The maximum atomic E-state index is 11.1. The van der Waals surface area contributed by atoms with Gasteiger partial charge in [0.2, 0.25) is 6.29 Å². The highest BCUT2D eigenvalue weighted by molar-refractivity contribution is 5.81. The van der Waals surface area contributed by atoms with Crippen LogP contribution in [0.3, 0.4) is 0 Å². The largest absolute Gasteiger partial charge is 0.462 e. The molecule has 5 rings (SSSR count). The van der Waals surface area contributed by atoms with Crippen LogP contribution in [-0.4, -0.2) is 29.6 Å². The lowest BCUT2D eigenvalue weighted by atomic mass is 9.96. The Morgan fingerprint density at radius 2 is 1.74 bits per heavy atom. The Morgan fingerprint density at radius 1 is 0.935 bits per heavy atom. The first-order chi connectivity index (χ1) is 15.2. The van der Waals surface area contributed by atoms with Gasteiger partial charge in [-0.15, -0.1) is 0 Å². The van der Waals surface area contributed by atoms with Gasteiger partial charge in [-0.1, -0.05) is 54.6 Å². The highest BCUT2D eigenvalue weighted by atomic mass is 16.7. The van der Waals surface area contributed by atoms with E-state index >= 15 is 0 Å². The fourth-order valence-corrected chi connectivity index (χ4v) is 3.91. The summed E-state index contributed by atoms with van der Waals surface area (Å²) < 4.78 is 17.5. The molecule has 1 aromatic heterocycles. The van der Waals surface area contributed by atoms with E-state index in [0.717, 1.165) is 27.7 Å². The normalized spacial score (nSPS) is 20.3. The van der Waals surface area contributed by atoms with Crippen molar-refractivity contribution < 1.29 is 19.3 Å². The van der Waals surface area contributed by atoms with Crippen LogP contribution in [-0.2, 0) is 16.1 Å². The van der Waals surface area contributed by atoms with Gasteiger partial charge in [0.25, 0.3) is 0 Å². The highest BCUT2D eigenvalue weighted by Gasteiger charge is 2.39. The van der Waals surface area contributed by atoms with E-state index in [4.69, 9.17) is 19.2 Å². The lowest BCUT2D eigenvalue weighted by Crippen LogP contribution is -2.43. The van der Waals surface area contributed by atoms with E-state index in [1.165, 1.54) is 0 Å². The summed E-state index contributed by atoms with van der Waals surface area (Å²) >= 11 is 0. The number of para-hydroxylation sites is 1. The Kier molecular flexibility index (Phi) is 5.38. The van der Waals surface area contributed by atoms with Crippen molar-refractivity contribution in [3.8, 4) is 17.0 Å². The van der Waals surface area contributed by atoms with Crippen LogP contribution >= 0.6 is 0 Å². The van der Waals surface area contributed by atoms with Crippen molar-refractivity contribution in [2.24, 2.45) is 0 Å². The zero-order chi connectivity index (χ0) is 21.2. The number of hydrogen-bond donors (Lipinski definition) is 1. The third-order valence-electron chi connectivity index (χ3n) is 5.56. The summed E-state index contributed by atoms with van der Waals surface area (Å²) in [5.74, 6) is 0.587. The summed E-state index contributed by atoms with van der Waals surface area (Å²) in [6.07, 6.45) is -2.24. The SMILES string of the molecule is CO[C@@H]1Oc2ccc(-c3ccc4ccccc4n3)cc2[C@H](O)C1OCc1ccccc1. The molecular weight excluding hydrogens is 390 g/mol. The monoisotopic (exact) mass is 413 g/mol. The molecule has 0 saturated carbocycles. The summed E-state index contributed by atoms with van der Waals surface area (Å²) in [6.45, 7) is 0.354. The Morgan fingerprint density at radius 3 is 2.58 bits per heavy atom. The number of aromatic nitrogens is 1. The Labute approximate surface area is 180 Å². The van der Waals surface area contributed by atoms with Crippen molar-refractivity contribution >= 4 is 10.9 Å². The lowest BCUT2D eigenvalue weighted by molar-refractivity contribution is -0.199. The molecule has 0 bridgehead atoms. The molecule has 3 aromatic carbocycles. The molecule has 1 N–H and O–H groups in total. The molecule has 3 atom stereocenters. The predicted molar refractivity (Wildman–Crippen MR) is 119 cm³/mol. The molecule has 1 unspecified atom stereocenters. The van der Waals surface area contributed by atoms with Crippen LogP contribution in [0.4, 0.5) is 0 Å². The second-order valence-electron chi connectivity index (χ2n) is 7.57. The topological polar surface area (TPSA) is 60.8 Å². The van der Waals surface area contributed by atoms with Crippen LogP contribution in [0.15, 0.2) is 84.9 Å². The Balaban J connectivity index is 1.45. The number of hydrogen-bond acceptors (Lipinski definition) is 5. The lowest BCUT2D eigenvalue weighted by Gasteiger charge is -2.36. The quantitative estimate of drug-likeness (QED) is 0.505. The fourth-order valence-electron chi connectivity index (χ4n) is 3.91. The second kappa shape index (κ2) is 8.47. The van der Waals surface area contributed by atoms with Crippen molar-refractivity contribution in [1.82, 2.24) is 4.98 Å². The first-order valence-corrected chi connectivity index (χ1v) is 10.3. The highest BCUT2D eigenvalue weighted by Crippen LogP contribution is 2.39. The van der Waals surface area contributed by atoms with Gasteiger partial charge in [-0.3, -0.25) is 0 Å². The molecule has 4 aromatic rings. The minimum atomic E-state index is -0.891. The van der Waals surface area contributed by atoms with E-state index in [1.54, 1.807) is 7.11 Å². The molecule has 1 aliphatic rings. The van der Waals surface area contributed by atoms with E-state index in [-0.39, 0.29) is 0 Å². The maximum absolute atomic E-state index is 11.1. The van der Waals surface area contributed by atoms with Gasteiger partial charge >= 0.3 is 0 Å². The first kappa shape index (κ1) is 19.7. The second-order valence-corrected chi connectivity index (χ2v) is 7.57. The molecule has 5 nitrogen and oxygen atoms in total. The molecule has 156 valence electrons. The zero-order valence-electron chi connectivity index (χ0n) is 17.1. The van der Waals surface area contributed by atoms with Crippen molar-refractivity contribution in [3.63, 3.8) is 0 Å². The van der Waals surface area contributed by atoms with E-state index in [2.05, 4.69) is 6.07 Å². The molecule has 1 aliphatic heterocycles. The number of aliphatic hydroxyl groups excluding tert-OH is 1. The first-order valence-electron chi connectivity index (χ1n) is 10.3. The maximum Gasteiger partial charge on any atom is 0.229 e. The third kappa shape index (κ3) is 3.91. The van der Waals surface area contributed by atoms with E-state index in [0.29, 0.717) is 17.9 Å². The number of aliphatic hydroxyl groups is 1. The van der Waals surface area contributed by atoms with Crippen LogP contribution in [0.2, 0.25) is 0 Å². The number of rotatable bonds is 5. The number of nitrogens with zero attached hydrogens (tertiary/aromatic N) is 1. The van der Waals surface area contributed by atoms with E-state index in [1.807, 2.05) is 78.9 Å². The van der Waals surface area contributed by atoms with Gasteiger partial charge < -0.3 is 19.3 Å². The zero-order valence-corrected chi connectivity index (χ0v) is 17.1. The summed E-state index contributed by atoms with van der Waals surface area (Å²) in [6, 6.07) is 27.6. The van der Waals surface area contributed by atoms with Crippen LogP contribution in [0, 0.1) is 0 Å². The standard InChI is InChI=1S/C26H23NO4/c1-29-26-25(30-16-17-7-3-2-4-8-17)24(28)20-15-19(12-14-23(20)31-26)22-13-11-18-9-5-6-10-21(18)27-22/h2-15,24-26,28H,16H2,1H3/t24-,25?,26+/m0/s1. The predicted octanol–water partition coefficient (Wildman–Crippen LogP) is 4.89. The van der Waals surface area contributed by atoms with Crippen LogP contribution in [0.1, 0.15) is 17.2 Å². The van der Waals surface area contributed by atoms with E-state index in [9.17, 15) is 5.11 Å². The van der Waals surface area contributed by atoms with Crippen LogP contribution in [0.5, 0.6) is 5.75 Å². The number of benzene rings is 3. The number of fused-ring (bicyclic) bond motifs is 2. The molecule has 0 fully saturated rings. The van der Waals surface area contributed by atoms with Crippen molar-refractivity contribution in [1.29, 1.82) is 0 Å². The van der Waals surface area contributed by atoms with E-state index < -0.39 is 18.5 Å². The van der Waals surface area contributed by atoms with Gasteiger partial charge in [-0.25, -0.2) is 4.98 Å². The average molecular weight is 413 g/mol. The molecule has 0 saturated heterocycles. The van der Waals surface area contributed by atoms with Gasteiger partial charge in [0.05, 0.1) is 17.8 Å². The molecular formula is C26H23NO4. The number of methoxy groups -OCH3 is 1. The molecule has 0 aliphatic carbocycles. The summed E-state index contributed by atoms with van der Waals surface area (Å²) in [4.78, 5) is 4.77. The summed E-state index contributed by atoms with van der Waals surface area (Å²) in [5, 5.41) is 12.2. The van der Waals surface area contributed by atoms with Gasteiger partial charge in [0.15, 0.2) is 6.10 Å². The molecule has 0 amide bonds. The van der Waals surface area contributed by atoms with Crippen molar-refractivity contribution in [2.75, 3.05) is 7.11 Å². The minimum absolute atomic E-state index is 0.354. The Bertz CT molecular complexity index is 1190. The van der Waals surface area contributed by atoms with Gasteiger partial charge in [0.1, 0.15) is 11.9 Å². The molecule has 5 heteroatoms. The molecule has 31 heavy (non-hydrogen) atoms. The van der Waals surface area contributed by atoms with Gasteiger partial charge in [-0.2, -0.15) is 0 Å². The van der Waals surface area contributed by atoms with Gasteiger partial charge in [0, 0.05) is 23.6 Å². The van der Waals surface area contributed by atoms with Crippen LogP contribution < -0.4 is 4.74 Å². The molecule has 0 spiro atoms. The third-order valence-corrected chi connectivity index (χ3v) is 5.56. The number of pyridine rings is 1. The molecule has 2 heterocycles. The summed E-state index contributed by atoms with van der Waals surface area (Å²) in [7, 11) is 1.55. The minimum Gasteiger partial charge on any atom is -0.462 e. The van der Waals surface area contributed by atoms with Gasteiger partial charge in [-0.05, 0) is 35.9 Å². The fraction of sp³-hybridized carbons (Fsp3) is 0.192. The number of ether oxygens (including phenoxy) is 3. The van der Waals surface area contributed by atoms with Crippen molar-refractivity contribution in [2.45, 2.75) is 25.1 Å². The average Bonchev–Trinajstić information content (AvgIpc) is 2.83. The molecule has 0 radical (unpaired) electrons. The Hall–Kier alpha value is -3.25. The summed E-state index contributed by atoms with van der Waals surface area (Å²) in [5.41, 5.74) is 4.36.